The molecule has 0 radical (unpaired) electrons. The third kappa shape index (κ3) is 1.72. The van der Waals surface area contributed by atoms with Gasteiger partial charge in [-0.15, -0.1) is 0 Å². The smallest absolute Gasteiger partial charge is 0.164 e. The van der Waals surface area contributed by atoms with E-state index in [0.717, 1.165) is 0 Å². The highest BCUT2D eigenvalue weighted by atomic mass is 16.8. The van der Waals surface area contributed by atoms with E-state index in [2.05, 4.69) is 60.7 Å². The zero-order valence-corrected chi connectivity index (χ0v) is 13.3. The van der Waals surface area contributed by atoms with Gasteiger partial charge in [-0.3, -0.25) is 0 Å². The molecule has 8 atom stereocenters. The van der Waals surface area contributed by atoms with E-state index in [9.17, 15) is 0 Å². The second-order valence-corrected chi connectivity index (χ2v) is 7.53. The van der Waals surface area contributed by atoms with Crippen LogP contribution in [0.15, 0.2) is 60.7 Å². The van der Waals surface area contributed by atoms with Gasteiger partial charge in [0.05, 0.1) is 12.2 Å². The molecule has 0 aromatic heterocycles. The Kier molecular flexibility index (Phi) is 2.78. The number of rotatable bonds is 2. The maximum atomic E-state index is 6.36. The second kappa shape index (κ2) is 4.92. The Hall–Kier alpha value is -1.68. The molecule has 2 aromatic carbocycles. The molecule has 0 N–H and O–H groups in total. The van der Waals surface area contributed by atoms with Gasteiger partial charge in [-0.1, -0.05) is 60.7 Å². The normalized spacial score (nSPS) is 44.8. The van der Waals surface area contributed by atoms with Gasteiger partial charge in [0.15, 0.2) is 12.6 Å². The van der Waals surface area contributed by atoms with E-state index < -0.39 is 0 Å². The Bertz CT molecular complexity index is 683. The molecule has 2 aromatic rings. The topological polar surface area (TPSA) is 27.7 Å². The molecule has 3 heterocycles. The maximum absolute atomic E-state index is 6.36. The third-order valence-electron chi connectivity index (χ3n) is 6.46. The quantitative estimate of drug-likeness (QED) is 0.834. The highest BCUT2D eigenvalue weighted by Crippen LogP contribution is 2.67. The first-order valence-electron chi connectivity index (χ1n) is 8.96. The van der Waals surface area contributed by atoms with Crippen molar-refractivity contribution in [2.45, 2.75) is 31.2 Å². The SMILES string of the molecule is c1ccc([C@H]2O[C@@H]3O[C@@H]4O[C@@H](c5ccccc5)[C@@H]5[C@@H]4C[C@@H]3[C@H]52)cc1. The van der Waals surface area contributed by atoms with Crippen LogP contribution in [0, 0.1) is 23.7 Å². The van der Waals surface area contributed by atoms with Crippen molar-refractivity contribution in [3.8, 4) is 0 Å². The molecule has 1 saturated carbocycles. The summed E-state index contributed by atoms with van der Waals surface area (Å²) in [7, 11) is 0. The van der Waals surface area contributed by atoms with Crippen molar-refractivity contribution in [1.29, 1.82) is 0 Å². The molecule has 1 aliphatic carbocycles. The summed E-state index contributed by atoms with van der Waals surface area (Å²) in [6.07, 6.45) is 1.25. The Morgan fingerprint density at radius 1 is 0.583 bits per heavy atom. The van der Waals surface area contributed by atoms with Crippen molar-refractivity contribution in [1.82, 2.24) is 0 Å². The molecule has 122 valence electrons. The van der Waals surface area contributed by atoms with Gasteiger partial charge < -0.3 is 14.2 Å². The lowest BCUT2D eigenvalue weighted by Crippen LogP contribution is -2.35. The monoisotopic (exact) mass is 320 g/mol. The van der Waals surface area contributed by atoms with Crippen LogP contribution in [0.4, 0.5) is 0 Å². The average molecular weight is 320 g/mol. The molecule has 0 unspecified atom stereocenters. The van der Waals surface area contributed by atoms with Crippen LogP contribution in [-0.2, 0) is 14.2 Å². The molecular weight excluding hydrogens is 300 g/mol. The Balaban J connectivity index is 1.43. The van der Waals surface area contributed by atoms with Crippen LogP contribution < -0.4 is 0 Å². The van der Waals surface area contributed by atoms with Gasteiger partial charge >= 0.3 is 0 Å². The van der Waals surface area contributed by atoms with Gasteiger partial charge in [-0.05, 0) is 17.5 Å². The van der Waals surface area contributed by atoms with E-state index in [1.54, 1.807) is 0 Å². The Morgan fingerprint density at radius 3 is 1.50 bits per heavy atom. The first-order chi connectivity index (χ1) is 11.9. The van der Waals surface area contributed by atoms with Gasteiger partial charge in [0.1, 0.15) is 0 Å². The van der Waals surface area contributed by atoms with E-state index in [1.165, 1.54) is 17.5 Å². The van der Waals surface area contributed by atoms with Crippen LogP contribution in [0.2, 0.25) is 0 Å². The second-order valence-electron chi connectivity index (χ2n) is 7.53. The zero-order valence-electron chi connectivity index (χ0n) is 13.3. The summed E-state index contributed by atoms with van der Waals surface area (Å²) in [4.78, 5) is 0. The van der Waals surface area contributed by atoms with E-state index in [4.69, 9.17) is 14.2 Å². The molecule has 4 fully saturated rings. The Morgan fingerprint density at radius 2 is 1.04 bits per heavy atom. The van der Waals surface area contributed by atoms with E-state index >= 15 is 0 Å². The van der Waals surface area contributed by atoms with Crippen molar-refractivity contribution in [3.63, 3.8) is 0 Å². The number of benzene rings is 2. The summed E-state index contributed by atoms with van der Waals surface area (Å²) in [6, 6.07) is 21.3. The molecule has 3 saturated heterocycles. The molecule has 3 aliphatic heterocycles. The molecule has 3 nitrogen and oxygen atoms in total. The average Bonchev–Trinajstić information content (AvgIpc) is 3.28. The van der Waals surface area contributed by atoms with E-state index in [1.807, 2.05) is 0 Å². The number of fused-ring (bicyclic) bond motifs is 1. The molecule has 0 spiro atoms. The third-order valence-corrected chi connectivity index (χ3v) is 6.46. The van der Waals surface area contributed by atoms with Crippen LogP contribution in [0.3, 0.4) is 0 Å². The van der Waals surface area contributed by atoms with Crippen molar-refractivity contribution < 1.29 is 14.2 Å². The fraction of sp³-hybridized carbons (Fsp3) is 0.429. The van der Waals surface area contributed by atoms with Crippen LogP contribution >= 0.6 is 0 Å². The minimum atomic E-state index is -0.0943. The molecule has 2 bridgehead atoms. The summed E-state index contributed by atoms with van der Waals surface area (Å²) in [5.74, 6) is 1.99. The van der Waals surface area contributed by atoms with Gasteiger partial charge in [0.25, 0.3) is 0 Å². The van der Waals surface area contributed by atoms with Gasteiger partial charge in [-0.2, -0.15) is 0 Å². The van der Waals surface area contributed by atoms with Crippen molar-refractivity contribution in [3.05, 3.63) is 71.8 Å². The fourth-order valence-electron chi connectivity index (χ4n) is 5.59. The summed E-state index contributed by atoms with van der Waals surface area (Å²) in [5.41, 5.74) is 2.55. The predicted molar refractivity (Wildman–Crippen MR) is 87.8 cm³/mol. The fourth-order valence-corrected chi connectivity index (χ4v) is 5.59. The van der Waals surface area contributed by atoms with Crippen LogP contribution in [-0.4, -0.2) is 12.6 Å². The molecule has 4 aliphatic rings. The number of ether oxygens (including phenoxy) is 3. The minimum absolute atomic E-state index is 0.0943. The molecular formula is C21H20O3. The summed E-state index contributed by atoms with van der Waals surface area (Å²) in [5, 5.41) is 0. The van der Waals surface area contributed by atoms with Crippen molar-refractivity contribution in [2.24, 2.45) is 23.7 Å². The summed E-state index contributed by atoms with van der Waals surface area (Å²) < 4.78 is 18.9. The molecule has 3 heteroatoms. The summed E-state index contributed by atoms with van der Waals surface area (Å²) in [6.45, 7) is 0. The highest BCUT2D eigenvalue weighted by molar-refractivity contribution is 5.26. The standard InChI is InChI=1S/C21H20O3/c1-3-7-12(8-4-1)18-16-14-11-15-17(16)19(13-9-5-2-6-10-13)23-21(15)24-20(14)22-18/h1-10,14-21H,11H2/t14-,15+,16-,17-,18-,19+,20-,21+/m1/s1. The van der Waals surface area contributed by atoms with Crippen LogP contribution in [0.1, 0.15) is 29.8 Å². The van der Waals surface area contributed by atoms with E-state index in [0.29, 0.717) is 23.7 Å². The summed E-state index contributed by atoms with van der Waals surface area (Å²) >= 11 is 0. The first kappa shape index (κ1) is 13.6. The predicted octanol–water partition coefficient (Wildman–Crippen LogP) is 4.08. The van der Waals surface area contributed by atoms with Crippen LogP contribution in [0.5, 0.6) is 0 Å². The zero-order chi connectivity index (χ0) is 15.7. The van der Waals surface area contributed by atoms with Gasteiger partial charge in [0.2, 0.25) is 0 Å². The van der Waals surface area contributed by atoms with Gasteiger partial charge in [0, 0.05) is 23.7 Å². The molecule has 6 rings (SSSR count). The minimum Gasteiger partial charge on any atom is -0.344 e. The Labute approximate surface area is 141 Å². The molecule has 0 amide bonds. The van der Waals surface area contributed by atoms with Gasteiger partial charge in [-0.25, -0.2) is 0 Å². The molecule has 24 heavy (non-hydrogen) atoms. The number of hydrogen-bond donors (Lipinski definition) is 0. The van der Waals surface area contributed by atoms with Crippen LogP contribution in [0.25, 0.3) is 0 Å². The number of hydrogen-bond acceptors (Lipinski definition) is 3. The maximum Gasteiger partial charge on any atom is 0.164 e. The first-order valence-corrected chi connectivity index (χ1v) is 8.96. The van der Waals surface area contributed by atoms with E-state index in [-0.39, 0.29) is 24.8 Å². The lowest BCUT2D eigenvalue weighted by atomic mass is 9.78. The largest absolute Gasteiger partial charge is 0.344 e. The van der Waals surface area contributed by atoms with Crippen molar-refractivity contribution >= 4 is 0 Å². The highest BCUT2D eigenvalue weighted by Gasteiger charge is 2.67. The lowest BCUT2D eigenvalue weighted by Gasteiger charge is -2.30. The lowest BCUT2D eigenvalue weighted by molar-refractivity contribution is -0.274. The van der Waals surface area contributed by atoms with Crippen molar-refractivity contribution in [2.75, 3.05) is 0 Å².